The second-order valence-corrected chi connectivity index (χ2v) is 4.43. The van der Waals surface area contributed by atoms with E-state index in [1.165, 1.54) is 18.4 Å². The number of nitrogens with zero attached hydrogens (tertiary/aromatic N) is 3. The van der Waals surface area contributed by atoms with Crippen LogP contribution in [0, 0.1) is 0 Å². The molecule has 1 heterocycles. The average molecular weight is 238 g/mol. The van der Waals surface area contributed by atoms with E-state index in [2.05, 4.69) is 37.0 Å². The summed E-state index contributed by atoms with van der Waals surface area (Å²) in [4.78, 5) is 2.47. The minimum atomic E-state index is 0.628. The van der Waals surface area contributed by atoms with Gasteiger partial charge in [0.25, 0.3) is 0 Å². The smallest absolute Gasteiger partial charge is 0.0534 e. The van der Waals surface area contributed by atoms with Gasteiger partial charge in [-0.05, 0) is 19.8 Å². The fourth-order valence-electron chi connectivity index (χ4n) is 2.26. The Labute approximate surface area is 105 Å². The second-order valence-electron chi connectivity index (χ2n) is 4.43. The molecule has 4 heteroatoms. The molecule has 0 unspecified atom stereocenters. The van der Waals surface area contributed by atoms with Gasteiger partial charge in [0.1, 0.15) is 0 Å². The predicted octanol–water partition coefficient (Wildman–Crippen LogP) is 1.85. The number of hydrogen-bond acceptors (Lipinski definition) is 3. The number of nitrogens with two attached hydrogens (primary N) is 1. The van der Waals surface area contributed by atoms with E-state index in [1.54, 1.807) is 0 Å². The van der Waals surface area contributed by atoms with Gasteiger partial charge in [0.15, 0.2) is 0 Å². The van der Waals surface area contributed by atoms with Gasteiger partial charge in [-0.3, -0.25) is 9.58 Å². The van der Waals surface area contributed by atoms with Gasteiger partial charge in [0.2, 0.25) is 0 Å². The molecular formula is C13H26N4. The second kappa shape index (κ2) is 7.45. The summed E-state index contributed by atoms with van der Waals surface area (Å²) < 4.78 is 1.98. The van der Waals surface area contributed by atoms with Gasteiger partial charge >= 0.3 is 0 Å². The van der Waals surface area contributed by atoms with E-state index in [1.807, 2.05) is 10.9 Å². The van der Waals surface area contributed by atoms with Gasteiger partial charge in [-0.25, -0.2) is 0 Å². The maximum absolute atomic E-state index is 5.70. The summed E-state index contributed by atoms with van der Waals surface area (Å²) in [7, 11) is 0. The molecule has 17 heavy (non-hydrogen) atoms. The minimum absolute atomic E-state index is 0.628. The summed E-state index contributed by atoms with van der Waals surface area (Å²) in [6.07, 6.45) is 6.46. The first-order chi connectivity index (χ1) is 8.24. The van der Waals surface area contributed by atoms with Crippen LogP contribution in [0.4, 0.5) is 0 Å². The molecule has 0 amide bonds. The zero-order valence-electron chi connectivity index (χ0n) is 11.4. The first-order valence-electron chi connectivity index (χ1n) is 6.70. The van der Waals surface area contributed by atoms with Crippen molar-refractivity contribution in [3.05, 3.63) is 18.0 Å². The van der Waals surface area contributed by atoms with E-state index in [4.69, 9.17) is 5.73 Å². The van der Waals surface area contributed by atoms with Gasteiger partial charge in [-0.2, -0.15) is 5.10 Å². The SMILES string of the molecule is CCC(CC)N(CCN)Cc1cnn(CC)c1. The molecule has 0 aliphatic heterocycles. The lowest BCUT2D eigenvalue weighted by molar-refractivity contribution is 0.182. The minimum Gasteiger partial charge on any atom is -0.329 e. The van der Waals surface area contributed by atoms with Crippen LogP contribution in [-0.4, -0.2) is 33.8 Å². The van der Waals surface area contributed by atoms with Crippen LogP contribution in [0.25, 0.3) is 0 Å². The zero-order chi connectivity index (χ0) is 12.7. The van der Waals surface area contributed by atoms with E-state index >= 15 is 0 Å². The highest BCUT2D eigenvalue weighted by Gasteiger charge is 2.15. The van der Waals surface area contributed by atoms with Crippen molar-refractivity contribution in [3.8, 4) is 0 Å². The lowest BCUT2D eigenvalue weighted by Gasteiger charge is -2.29. The van der Waals surface area contributed by atoms with Crippen LogP contribution in [0.3, 0.4) is 0 Å². The standard InChI is InChI=1S/C13H26N4/c1-4-13(5-2)16(8-7-14)10-12-9-15-17(6-3)11-12/h9,11,13H,4-8,10,14H2,1-3H3. The third-order valence-electron chi connectivity index (χ3n) is 3.27. The quantitative estimate of drug-likeness (QED) is 0.752. The molecule has 0 fully saturated rings. The summed E-state index contributed by atoms with van der Waals surface area (Å²) >= 11 is 0. The molecule has 0 radical (unpaired) electrons. The number of rotatable bonds is 8. The highest BCUT2D eigenvalue weighted by Crippen LogP contribution is 2.12. The Bertz CT molecular complexity index is 304. The lowest BCUT2D eigenvalue weighted by Crippen LogP contribution is -2.37. The normalized spacial score (nSPS) is 11.6. The van der Waals surface area contributed by atoms with Gasteiger partial charge in [0, 0.05) is 44.0 Å². The predicted molar refractivity (Wildman–Crippen MR) is 71.7 cm³/mol. The van der Waals surface area contributed by atoms with E-state index in [0.29, 0.717) is 6.04 Å². The molecule has 0 saturated carbocycles. The first-order valence-corrected chi connectivity index (χ1v) is 6.70. The van der Waals surface area contributed by atoms with Gasteiger partial charge in [-0.1, -0.05) is 13.8 Å². The zero-order valence-corrected chi connectivity index (χ0v) is 11.4. The summed E-state index contributed by atoms with van der Waals surface area (Å²) in [5, 5.41) is 4.32. The largest absolute Gasteiger partial charge is 0.329 e. The maximum atomic E-state index is 5.70. The average Bonchev–Trinajstić information content (AvgIpc) is 2.78. The molecule has 0 saturated heterocycles. The molecule has 1 aromatic heterocycles. The van der Waals surface area contributed by atoms with Crippen LogP contribution in [0.5, 0.6) is 0 Å². The summed E-state index contributed by atoms with van der Waals surface area (Å²) in [6, 6.07) is 0.628. The molecule has 1 rings (SSSR count). The van der Waals surface area contributed by atoms with E-state index in [0.717, 1.165) is 26.2 Å². The Balaban J connectivity index is 2.64. The Kier molecular flexibility index (Phi) is 6.22. The van der Waals surface area contributed by atoms with Crippen molar-refractivity contribution in [2.75, 3.05) is 13.1 Å². The number of hydrogen-bond donors (Lipinski definition) is 1. The molecule has 0 aromatic carbocycles. The van der Waals surface area contributed by atoms with Crippen LogP contribution >= 0.6 is 0 Å². The molecule has 0 spiro atoms. The summed E-state index contributed by atoms with van der Waals surface area (Å²) in [5.74, 6) is 0. The Morgan fingerprint density at radius 3 is 2.53 bits per heavy atom. The fraction of sp³-hybridized carbons (Fsp3) is 0.769. The summed E-state index contributed by atoms with van der Waals surface area (Å²) in [6.45, 7) is 10.2. The van der Waals surface area contributed by atoms with E-state index in [9.17, 15) is 0 Å². The van der Waals surface area contributed by atoms with Crippen LogP contribution < -0.4 is 5.73 Å². The Hall–Kier alpha value is -0.870. The van der Waals surface area contributed by atoms with Crippen LogP contribution in [0.2, 0.25) is 0 Å². The van der Waals surface area contributed by atoms with Crippen LogP contribution in [0.15, 0.2) is 12.4 Å². The molecule has 0 bridgehead atoms. The first kappa shape index (κ1) is 14.2. The monoisotopic (exact) mass is 238 g/mol. The summed E-state index contributed by atoms with van der Waals surface area (Å²) in [5.41, 5.74) is 6.98. The van der Waals surface area contributed by atoms with Crippen molar-refractivity contribution >= 4 is 0 Å². The third-order valence-corrected chi connectivity index (χ3v) is 3.27. The third kappa shape index (κ3) is 4.13. The molecule has 2 N–H and O–H groups in total. The Morgan fingerprint density at radius 2 is 2.06 bits per heavy atom. The van der Waals surface area contributed by atoms with Gasteiger partial charge in [0.05, 0.1) is 6.20 Å². The van der Waals surface area contributed by atoms with Gasteiger partial charge in [-0.15, -0.1) is 0 Å². The van der Waals surface area contributed by atoms with E-state index in [-0.39, 0.29) is 0 Å². The maximum Gasteiger partial charge on any atom is 0.0534 e. The fourth-order valence-corrected chi connectivity index (χ4v) is 2.26. The highest BCUT2D eigenvalue weighted by atomic mass is 15.3. The van der Waals surface area contributed by atoms with Crippen molar-refractivity contribution in [2.24, 2.45) is 5.73 Å². The van der Waals surface area contributed by atoms with Crippen molar-refractivity contribution in [1.82, 2.24) is 14.7 Å². The molecule has 1 aromatic rings. The van der Waals surface area contributed by atoms with Crippen LogP contribution in [-0.2, 0) is 13.1 Å². The Morgan fingerprint density at radius 1 is 1.35 bits per heavy atom. The van der Waals surface area contributed by atoms with Gasteiger partial charge < -0.3 is 5.73 Å². The van der Waals surface area contributed by atoms with E-state index < -0.39 is 0 Å². The van der Waals surface area contributed by atoms with Crippen molar-refractivity contribution in [1.29, 1.82) is 0 Å². The molecule has 0 aliphatic carbocycles. The van der Waals surface area contributed by atoms with Crippen molar-refractivity contribution < 1.29 is 0 Å². The molecule has 0 atom stereocenters. The van der Waals surface area contributed by atoms with Crippen molar-refractivity contribution in [3.63, 3.8) is 0 Å². The molecule has 4 nitrogen and oxygen atoms in total. The topological polar surface area (TPSA) is 47.1 Å². The molecule has 0 aliphatic rings. The lowest BCUT2D eigenvalue weighted by atomic mass is 10.1. The molecule has 98 valence electrons. The highest BCUT2D eigenvalue weighted by molar-refractivity contribution is 5.04. The van der Waals surface area contributed by atoms with Crippen LogP contribution in [0.1, 0.15) is 39.2 Å². The number of aryl methyl sites for hydroxylation is 1. The molecular weight excluding hydrogens is 212 g/mol. The van der Waals surface area contributed by atoms with Crippen molar-refractivity contribution in [2.45, 2.75) is 52.7 Å². The number of aromatic nitrogens is 2.